The highest BCUT2D eigenvalue weighted by atomic mass is 16.7. The van der Waals surface area contributed by atoms with Gasteiger partial charge in [0.15, 0.2) is 12.6 Å². The lowest BCUT2D eigenvalue weighted by atomic mass is 9.82. The molecule has 2 fully saturated rings. The Bertz CT molecular complexity index is 1410. The summed E-state index contributed by atoms with van der Waals surface area (Å²) in [5, 5.41) is 19.5. The Morgan fingerprint density at radius 2 is 0.962 bits per heavy atom. The molecule has 0 unspecified atom stereocenters. The molecule has 2 aromatic carbocycles. The molecule has 0 bridgehead atoms. The lowest BCUT2D eigenvalue weighted by molar-refractivity contribution is -0.337. The van der Waals surface area contributed by atoms with Crippen LogP contribution in [0.5, 0.6) is 0 Å². The van der Waals surface area contributed by atoms with Gasteiger partial charge in [0.25, 0.3) is 0 Å². The summed E-state index contributed by atoms with van der Waals surface area (Å²) in [5.41, 5.74) is 4.16. The van der Waals surface area contributed by atoms with Crippen LogP contribution in [0.3, 0.4) is 0 Å². The fourth-order valence-corrected chi connectivity index (χ4v) is 6.80. The smallest absolute Gasteiger partial charge is 0.306 e. The van der Waals surface area contributed by atoms with Gasteiger partial charge in [-0.2, -0.15) is 0 Å². The number of benzene rings is 2. The molecular formula is C43H64O10. The largest absolute Gasteiger partial charge is 0.465 e. The highest BCUT2D eigenvalue weighted by molar-refractivity contribution is 5.70. The van der Waals surface area contributed by atoms with Crippen LogP contribution < -0.4 is 0 Å². The second-order valence-corrected chi connectivity index (χ2v) is 18.5. The Kier molecular flexibility index (Phi) is 14.0. The first kappa shape index (κ1) is 42.9. The van der Waals surface area contributed by atoms with Crippen LogP contribution in [0.15, 0.2) is 36.4 Å². The van der Waals surface area contributed by atoms with E-state index in [0.717, 1.165) is 33.4 Å². The Morgan fingerprint density at radius 3 is 1.26 bits per heavy atom. The molecule has 2 aliphatic heterocycles. The van der Waals surface area contributed by atoms with Crippen LogP contribution in [0.4, 0.5) is 0 Å². The molecule has 0 amide bonds. The van der Waals surface area contributed by atoms with Crippen molar-refractivity contribution in [3.05, 3.63) is 69.8 Å². The zero-order chi connectivity index (χ0) is 39.2. The van der Waals surface area contributed by atoms with Crippen LogP contribution in [0, 0.1) is 16.2 Å². The van der Waals surface area contributed by atoms with Crippen LogP contribution in [-0.4, -0.2) is 74.4 Å². The quantitative estimate of drug-likeness (QED) is 0.202. The maximum Gasteiger partial charge on any atom is 0.306 e. The average Bonchev–Trinajstić information content (AvgIpc) is 3.11. The molecule has 2 N–H and O–H groups in total. The molecular weight excluding hydrogens is 676 g/mol. The van der Waals surface area contributed by atoms with E-state index in [1.165, 1.54) is 0 Å². The van der Waals surface area contributed by atoms with E-state index >= 15 is 0 Å². The lowest BCUT2D eigenvalue weighted by Gasteiger charge is -2.48. The van der Waals surface area contributed by atoms with Crippen molar-refractivity contribution in [3.8, 4) is 0 Å². The number of aryl methyl sites for hydroxylation is 2. The summed E-state index contributed by atoms with van der Waals surface area (Å²) in [6.07, 6.45) is 0.460. The standard InChI is InChI=1S/C43H64O10/c1-39(2,3)33-19-29(11-15-31(33)21-44)13-17-35(46)48-23-41(7,8)37-50-25-43(26-51-37)27-52-38(53-28-43)42(9,10)24-49-36(47)18-14-30-12-16-32(22-45)34(20-30)40(4,5)6/h11-12,15-16,19-20,37-38,44-45H,13-14,17-18,21-28H2,1-10H3. The second kappa shape index (κ2) is 17.3. The Hall–Kier alpha value is -2.86. The molecule has 1 spiro atoms. The van der Waals surface area contributed by atoms with Gasteiger partial charge in [-0.3, -0.25) is 9.59 Å². The van der Waals surface area contributed by atoms with Gasteiger partial charge in [-0.25, -0.2) is 0 Å². The maximum atomic E-state index is 12.7. The van der Waals surface area contributed by atoms with Gasteiger partial charge in [0.05, 0.1) is 45.1 Å². The zero-order valence-corrected chi connectivity index (χ0v) is 33.8. The number of hydrogen-bond acceptors (Lipinski definition) is 10. The summed E-state index contributed by atoms with van der Waals surface area (Å²) in [6, 6.07) is 11.9. The first-order valence-corrected chi connectivity index (χ1v) is 18.9. The van der Waals surface area contributed by atoms with Crippen LogP contribution in [-0.2, 0) is 74.9 Å². The minimum atomic E-state index is -0.581. The molecule has 4 rings (SSSR count). The van der Waals surface area contributed by atoms with E-state index < -0.39 is 28.8 Å². The number of aliphatic hydroxyl groups is 2. The van der Waals surface area contributed by atoms with Gasteiger partial charge in [-0.15, -0.1) is 0 Å². The molecule has 53 heavy (non-hydrogen) atoms. The molecule has 0 aromatic heterocycles. The first-order valence-electron chi connectivity index (χ1n) is 18.9. The van der Waals surface area contributed by atoms with Gasteiger partial charge in [0.1, 0.15) is 13.2 Å². The van der Waals surface area contributed by atoms with E-state index in [-0.39, 0.29) is 62.0 Å². The SMILES string of the molecule is CC(C)(C)c1cc(CCC(=O)OCC(C)(C)C2OCC3(CO2)COC(C(C)(C)COC(=O)CCc2ccc(CO)c(C(C)(C)C)c2)OC3)ccc1CO. The van der Waals surface area contributed by atoms with Crippen molar-refractivity contribution in [3.63, 3.8) is 0 Å². The van der Waals surface area contributed by atoms with Gasteiger partial charge in [0.2, 0.25) is 0 Å². The van der Waals surface area contributed by atoms with Gasteiger partial charge >= 0.3 is 11.9 Å². The van der Waals surface area contributed by atoms with Gasteiger partial charge in [-0.1, -0.05) is 106 Å². The lowest BCUT2D eigenvalue weighted by Crippen LogP contribution is -2.57. The number of aliphatic hydroxyl groups excluding tert-OH is 2. The molecule has 0 saturated carbocycles. The molecule has 10 nitrogen and oxygen atoms in total. The molecule has 2 saturated heterocycles. The zero-order valence-electron chi connectivity index (χ0n) is 33.8. The van der Waals surface area contributed by atoms with Crippen molar-refractivity contribution in [2.75, 3.05) is 39.6 Å². The van der Waals surface area contributed by atoms with Gasteiger partial charge in [-0.05, 0) is 57.1 Å². The predicted octanol–water partition coefficient (Wildman–Crippen LogP) is 6.70. The van der Waals surface area contributed by atoms with Crippen molar-refractivity contribution in [1.29, 1.82) is 0 Å². The third-order valence-electron chi connectivity index (χ3n) is 10.2. The van der Waals surface area contributed by atoms with E-state index in [1.807, 2.05) is 52.0 Å². The average molecular weight is 741 g/mol. The Balaban J connectivity index is 1.18. The first-order chi connectivity index (χ1) is 24.7. The summed E-state index contributed by atoms with van der Waals surface area (Å²) in [6.45, 7) is 22.2. The van der Waals surface area contributed by atoms with E-state index in [2.05, 4.69) is 53.7 Å². The Morgan fingerprint density at radius 1 is 0.623 bits per heavy atom. The number of carbonyl (C=O) groups is 2. The third kappa shape index (κ3) is 11.6. The molecule has 0 radical (unpaired) electrons. The summed E-state index contributed by atoms with van der Waals surface area (Å²) < 4.78 is 36.1. The van der Waals surface area contributed by atoms with Crippen molar-refractivity contribution in [2.45, 2.75) is 132 Å². The monoisotopic (exact) mass is 740 g/mol. The van der Waals surface area contributed by atoms with E-state index in [0.29, 0.717) is 39.3 Å². The molecule has 10 heteroatoms. The van der Waals surface area contributed by atoms with Crippen molar-refractivity contribution in [1.82, 2.24) is 0 Å². The minimum Gasteiger partial charge on any atom is -0.465 e. The number of rotatable bonds is 14. The number of hydrogen-bond donors (Lipinski definition) is 2. The van der Waals surface area contributed by atoms with Gasteiger partial charge in [0, 0.05) is 23.7 Å². The molecule has 2 aliphatic rings. The molecule has 0 atom stereocenters. The fourth-order valence-electron chi connectivity index (χ4n) is 6.80. The summed E-state index contributed by atoms with van der Waals surface area (Å²) in [5.74, 6) is -0.573. The van der Waals surface area contributed by atoms with Gasteiger partial charge < -0.3 is 38.6 Å². The summed E-state index contributed by atoms with van der Waals surface area (Å²) >= 11 is 0. The van der Waals surface area contributed by atoms with E-state index in [1.54, 1.807) is 0 Å². The molecule has 2 heterocycles. The second-order valence-electron chi connectivity index (χ2n) is 18.5. The van der Waals surface area contributed by atoms with Crippen LogP contribution in [0.2, 0.25) is 0 Å². The van der Waals surface area contributed by atoms with Crippen molar-refractivity contribution < 1.29 is 48.2 Å². The molecule has 0 aliphatic carbocycles. The van der Waals surface area contributed by atoms with E-state index in [4.69, 9.17) is 28.4 Å². The number of esters is 2. The van der Waals surface area contributed by atoms with Crippen LogP contribution >= 0.6 is 0 Å². The summed E-state index contributed by atoms with van der Waals surface area (Å²) in [4.78, 5) is 25.5. The van der Waals surface area contributed by atoms with E-state index in [9.17, 15) is 19.8 Å². The van der Waals surface area contributed by atoms with Crippen molar-refractivity contribution in [2.24, 2.45) is 16.2 Å². The molecule has 296 valence electrons. The fraction of sp³-hybridized carbons (Fsp3) is 0.674. The summed E-state index contributed by atoms with van der Waals surface area (Å²) in [7, 11) is 0. The van der Waals surface area contributed by atoms with Crippen LogP contribution in [0.1, 0.15) is 115 Å². The predicted molar refractivity (Wildman–Crippen MR) is 202 cm³/mol. The van der Waals surface area contributed by atoms with Crippen LogP contribution in [0.25, 0.3) is 0 Å². The van der Waals surface area contributed by atoms with Crippen molar-refractivity contribution >= 4 is 11.9 Å². The number of ether oxygens (including phenoxy) is 6. The highest BCUT2D eigenvalue weighted by Crippen LogP contribution is 2.39. The normalized spacial score (nSPS) is 21.4. The molecule has 2 aromatic rings. The highest BCUT2D eigenvalue weighted by Gasteiger charge is 2.48. The third-order valence-corrected chi connectivity index (χ3v) is 10.2. The number of carbonyl (C=O) groups excluding carboxylic acids is 2. The maximum absolute atomic E-state index is 12.7. The minimum absolute atomic E-state index is 0.0155. The Labute approximate surface area is 316 Å². The topological polar surface area (TPSA) is 130 Å².